The SMILES string of the molecule is N#Cc1ccc(C2(c3ccc(C#N)cc3)[C@H](C=C(c3ccccc3)c3ccccc3)[C@@]2(C=C(c2ccccc2)c2ccccc2)Cc2ccccc2)cc1. The van der Waals surface area contributed by atoms with E-state index in [-0.39, 0.29) is 5.92 Å². The summed E-state index contributed by atoms with van der Waals surface area (Å²) in [4.78, 5) is 0. The second-order valence-corrected chi connectivity index (χ2v) is 14.0. The van der Waals surface area contributed by atoms with Crippen LogP contribution in [0.5, 0.6) is 0 Å². The molecule has 8 rings (SSSR count). The zero-order chi connectivity index (χ0) is 36.8. The van der Waals surface area contributed by atoms with E-state index in [1.54, 1.807) is 0 Å². The number of allylic oxidation sites excluding steroid dienone is 2. The first-order valence-electron chi connectivity index (χ1n) is 18.4. The van der Waals surface area contributed by atoms with Gasteiger partial charge in [0, 0.05) is 16.7 Å². The minimum atomic E-state index is -0.589. The van der Waals surface area contributed by atoms with Crippen LogP contribution in [0.2, 0.25) is 0 Å². The molecule has 2 atom stereocenters. The van der Waals surface area contributed by atoms with Gasteiger partial charge in [-0.15, -0.1) is 0 Å². The fourth-order valence-electron chi connectivity index (χ4n) is 8.57. The lowest BCUT2D eigenvalue weighted by molar-refractivity contribution is 0.550. The summed E-state index contributed by atoms with van der Waals surface area (Å²) in [5.74, 6) is -0.0519. The van der Waals surface area contributed by atoms with E-state index in [4.69, 9.17) is 0 Å². The predicted molar refractivity (Wildman–Crippen MR) is 219 cm³/mol. The highest BCUT2D eigenvalue weighted by atomic mass is 14.8. The summed E-state index contributed by atoms with van der Waals surface area (Å²) < 4.78 is 0. The van der Waals surface area contributed by atoms with Crippen molar-refractivity contribution < 1.29 is 0 Å². The molecule has 2 heteroatoms. The molecule has 1 fully saturated rings. The van der Waals surface area contributed by atoms with Crippen molar-refractivity contribution in [2.75, 3.05) is 0 Å². The second-order valence-electron chi connectivity index (χ2n) is 14.0. The van der Waals surface area contributed by atoms with E-state index in [0.717, 1.165) is 50.9 Å². The molecule has 1 aliphatic carbocycles. The lowest BCUT2D eigenvalue weighted by atomic mass is 9.75. The van der Waals surface area contributed by atoms with Crippen LogP contribution in [0.4, 0.5) is 0 Å². The molecule has 256 valence electrons. The highest BCUT2D eigenvalue weighted by Gasteiger charge is 2.75. The Balaban J connectivity index is 1.52. The summed E-state index contributed by atoms with van der Waals surface area (Å²) in [6.07, 6.45) is 5.80. The van der Waals surface area contributed by atoms with E-state index in [1.165, 1.54) is 5.56 Å². The summed E-state index contributed by atoms with van der Waals surface area (Å²) in [6.45, 7) is 0. The molecule has 0 spiro atoms. The van der Waals surface area contributed by atoms with Crippen LogP contribution < -0.4 is 0 Å². The minimum Gasteiger partial charge on any atom is -0.192 e. The highest BCUT2D eigenvalue weighted by molar-refractivity contribution is 5.84. The number of hydrogen-bond acceptors (Lipinski definition) is 2. The molecular weight excluding hydrogens is 653 g/mol. The third-order valence-corrected chi connectivity index (χ3v) is 11.0. The summed E-state index contributed by atoms with van der Waals surface area (Å²) >= 11 is 0. The maximum atomic E-state index is 9.91. The van der Waals surface area contributed by atoms with Crippen LogP contribution in [0.3, 0.4) is 0 Å². The lowest BCUT2D eigenvalue weighted by Crippen LogP contribution is -2.22. The van der Waals surface area contributed by atoms with Crippen molar-refractivity contribution in [1.29, 1.82) is 10.5 Å². The Kier molecular flexibility index (Phi) is 9.43. The van der Waals surface area contributed by atoms with E-state index >= 15 is 0 Å². The molecule has 0 aromatic heterocycles. The van der Waals surface area contributed by atoms with Gasteiger partial charge in [0.15, 0.2) is 0 Å². The number of hydrogen-bond donors (Lipinski definition) is 0. The third kappa shape index (κ3) is 6.26. The average Bonchev–Trinajstić information content (AvgIpc) is 3.82. The van der Waals surface area contributed by atoms with Gasteiger partial charge in [-0.1, -0.05) is 188 Å². The van der Waals surface area contributed by atoms with Crippen LogP contribution in [0.15, 0.2) is 212 Å². The Morgan fingerprint density at radius 2 is 0.796 bits per heavy atom. The van der Waals surface area contributed by atoms with Gasteiger partial charge in [-0.25, -0.2) is 0 Å². The molecule has 0 radical (unpaired) electrons. The number of rotatable bonds is 10. The van der Waals surface area contributed by atoms with Gasteiger partial charge in [-0.05, 0) is 80.8 Å². The van der Waals surface area contributed by atoms with E-state index in [9.17, 15) is 10.5 Å². The van der Waals surface area contributed by atoms with Crippen molar-refractivity contribution in [1.82, 2.24) is 0 Å². The van der Waals surface area contributed by atoms with Gasteiger partial charge >= 0.3 is 0 Å². The van der Waals surface area contributed by atoms with Crippen LogP contribution >= 0.6 is 0 Å². The summed E-state index contributed by atoms with van der Waals surface area (Å²) in [5.41, 5.74) is 10.5. The highest BCUT2D eigenvalue weighted by Crippen LogP contribution is 2.76. The molecule has 54 heavy (non-hydrogen) atoms. The van der Waals surface area contributed by atoms with Crippen molar-refractivity contribution in [3.63, 3.8) is 0 Å². The molecule has 1 saturated carbocycles. The van der Waals surface area contributed by atoms with Crippen LogP contribution in [0, 0.1) is 34.0 Å². The number of nitriles is 2. The Labute approximate surface area is 318 Å². The first-order chi connectivity index (χ1) is 26.7. The standard InChI is InChI=1S/C52H38N2/c53-37-40-26-30-46(31-27-40)52(47-32-28-41(38-54)29-33-47)50(34-48(42-18-8-2-9-19-42)43-20-10-3-11-21-43)51(52,35-39-16-6-1-7-17-39)36-49(44-22-12-4-13-23-44)45-24-14-5-15-25-45/h1-34,36,50H,35H2/t50-,51+/m1/s1. The Bertz CT molecular complexity index is 2350. The first kappa shape index (κ1) is 34.1. The molecule has 0 unspecified atom stereocenters. The smallest absolute Gasteiger partial charge is 0.0991 e. The van der Waals surface area contributed by atoms with E-state index in [0.29, 0.717) is 11.1 Å². The Morgan fingerprint density at radius 1 is 0.444 bits per heavy atom. The summed E-state index contributed by atoms with van der Waals surface area (Å²) in [5, 5.41) is 19.8. The minimum absolute atomic E-state index is 0.0519. The molecule has 2 nitrogen and oxygen atoms in total. The molecule has 0 saturated heterocycles. The van der Waals surface area contributed by atoms with Gasteiger partial charge in [0.2, 0.25) is 0 Å². The van der Waals surface area contributed by atoms with Gasteiger partial charge in [-0.3, -0.25) is 0 Å². The van der Waals surface area contributed by atoms with Gasteiger partial charge in [0.1, 0.15) is 0 Å². The first-order valence-corrected chi connectivity index (χ1v) is 18.4. The average molecular weight is 691 g/mol. The summed E-state index contributed by atoms with van der Waals surface area (Å²) in [7, 11) is 0. The van der Waals surface area contributed by atoms with Gasteiger partial charge in [0.25, 0.3) is 0 Å². The van der Waals surface area contributed by atoms with E-state index in [1.807, 2.05) is 24.3 Å². The fourth-order valence-corrected chi connectivity index (χ4v) is 8.57. The van der Waals surface area contributed by atoms with E-state index in [2.05, 4.69) is 200 Å². The monoisotopic (exact) mass is 690 g/mol. The van der Waals surface area contributed by atoms with Crippen LogP contribution in [0.25, 0.3) is 11.1 Å². The molecule has 0 N–H and O–H groups in total. The third-order valence-electron chi connectivity index (χ3n) is 11.0. The largest absolute Gasteiger partial charge is 0.192 e. The number of nitrogens with zero attached hydrogens (tertiary/aromatic N) is 2. The molecular formula is C52H38N2. The van der Waals surface area contributed by atoms with Crippen LogP contribution in [-0.4, -0.2) is 0 Å². The van der Waals surface area contributed by atoms with Crippen molar-refractivity contribution in [2.45, 2.75) is 11.8 Å². The zero-order valence-electron chi connectivity index (χ0n) is 29.9. The maximum absolute atomic E-state index is 9.91. The molecule has 0 aliphatic heterocycles. The van der Waals surface area contributed by atoms with Crippen molar-refractivity contribution in [3.05, 3.63) is 262 Å². The van der Waals surface area contributed by atoms with Crippen molar-refractivity contribution in [3.8, 4) is 12.1 Å². The lowest BCUT2D eigenvalue weighted by Gasteiger charge is -2.27. The quantitative estimate of drug-likeness (QED) is 0.143. The normalized spacial score (nSPS) is 16.6. The Morgan fingerprint density at radius 3 is 1.17 bits per heavy atom. The zero-order valence-corrected chi connectivity index (χ0v) is 29.9. The summed E-state index contributed by atoms with van der Waals surface area (Å²) in [6, 6.07) is 74.6. The van der Waals surface area contributed by atoms with Gasteiger partial charge in [0.05, 0.1) is 23.3 Å². The van der Waals surface area contributed by atoms with E-state index < -0.39 is 10.8 Å². The molecule has 0 bridgehead atoms. The molecule has 7 aromatic carbocycles. The second kappa shape index (κ2) is 14.9. The predicted octanol–water partition coefficient (Wildman–Crippen LogP) is 11.8. The Hall–Kier alpha value is -7.00. The van der Waals surface area contributed by atoms with Gasteiger partial charge < -0.3 is 0 Å². The molecule has 0 heterocycles. The number of benzene rings is 7. The maximum Gasteiger partial charge on any atom is 0.0991 e. The van der Waals surface area contributed by atoms with Crippen LogP contribution in [0.1, 0.15) is 50.1 Å². The molecule has 7 aromatic rings. The molecule has 0 amide bonds. The fraction of sp³-hybridized carbons (Fsp3) is 0.0769. The van der Waals surface area contributed by atoms with Crippen LogP contribution in [-0.2, 0) is 11.8 Å². The van der Waals surface area contributed by atoms with Crippen molar-refractivity contribution in [2.24, 2.45) is 11.3 Å². The van der Waals surface area contributed by atoms with Crippen molar-refractivity contribution >= 4 is 11.1 Å². The van der Waals surface area contributed by atoms with Gasteiger partial charge in [-0.2, -0.15) is 10.5 Å². The molecule has 1 aliphatic rings. The topological polar surface area (TPSA) is 47.6 Å².